The Morgan fingerprint density at radius 2 is 1.76 bits per heavy atom. The molecule has 4 heteroatoms. The average molecular weight is 272 g/mol. The zero-order chi connectivity index (χ0) is 14.1. The van der Waals surface area contributed by atoms with Crippen LogP contribution in [0.5, 0.6) is 0 Å². The third-order valence-electron chi connectivity index (χ3n) is 3.45. The summed E-state index contributed by atoms with van der Waals surface area (Å²) in [5.41, 5.74) is 2.78. The summed E-state index contributed by atoms with van der Waals surface area (Å²) in [6, 6.07) is 18.4. The SMILES string of the molecule is c1cncc(-c2cn(-c3ccc4ccccc4c3)nn2)c1. The van der Waals surface area contributed by atoms with Crippen molar-refractivity contribution in [3.05, 3.63) is 73.2 Å². The number of benzene rings is 2. The number of fused-ring (bicyclic) bond motifs is 1. The Hall–Kier alpha value is -3.01. The van der Waals surface area contributed by atoms with Crippen LogP contribution in [0.1, 0.15) is 0 Å². The third kappa shape index (κ3) is 2.17. The Morgan fingerprint density at radius 3 is 2.62 bits per heavy atom. The van der Waals surface area contributed by atoms with Crippen molar-refractivity contribution in [3.63, 3.8) is 0 Å². The zero-order valence-corrected chi connectivity index (χ0v) is 11.2. The van der Waals surface area contributed by atoms with Crippen LogP contribution < -0.4 is 0 Å². The molecule has 0 amide bonds. The molecule has 0 bridgehead atoms. The van der Waals surface area contributed by atoms with Gasteiger partial charge in [0.2, 0.25) is 0 Å². The van der Waals surface area contributed by atoms with Gasteiger partial charge in [0.15, 0.2) is 0 Å². The molecule has 0 atom stereocenters. The summed E-state index contributed by atoms with van der Waals surface area (Å²) in [5.74, 6) is 0. The van der Waals surface area contributed by atoms with E-state index in [9.17, 15) is 0 Å². The van der Waals surface area contributed by atoms with Gasteiger partial charge in [0.05, 0.1) is 11.9 Å². The van der Waals surface area contributed by atoms with Crippen molar-refractivity contribution in [3.8, 4) is 16.9 Å². The number of aromatic nitrogens is 4. The topological polar surface area (TPSA) is 43.6 Å². The second kappa shape index (κ2) is 4.83. The van der Waals surface area contributed by atoms with Crippen LogP contribution in [0.4, 0.5) is 0 Å². The molecule has 4 aromatic rings. The molecule has 0 saturated heterocycles. The summed E-state index contributed by atoms with van der Waals surface area (Å²) in [4.78, 5) is 4.11. The number of hydrogen-bond donors (Lipinski definition) is 0. The van der Waals surface area contributed by atoms with E-state index >= 15 is 0 Å². The van der Waals surface area contributed by atoms with Crippen LogP contribution in [0.2, 0.25) is 0 Å². The first-order chi connectivity index (χ1) is 10.4. The summed E-state index contributed by atoms with van der Waals surface area (Å²) in [7, 11) is 0. The zero-order valence-electron chi connectivity index (χ0n) is 11.2. The lowest BCUT2D eigenvalue weighted by Gasteiger charge is -2.02. The van der Waals surface area contributed by atoms with Crippen LogP contribution in [-0.2, 0) is 0 Å². The van der Waals surface area contributed by atoms with E-state index in [0.717, 1.165) is 16.9 Å². The quantitative estimate of drug-likeness (QED) is 0.561. The molecule has 21 heavy (non-hydrogen) atoms. The predicted molar refractivity (Wildman–Crippen MR) is 82.1 cm³/mol. The largest absolute Gasteiger partial charge is 0.264 e. The normalized spacial score (nSPS) is 10.9. The van der Waals surface area contributed by atoms with Gasteiger partial charge in [0.1, 0.15) is 5.69 Å². The van der Waals surface area contributed by atoms with Crippen LogP contribution in [-0.4, -0.2) is 20.0 Å². The molecule has 0 aliphatic rings. The summed E-state index contributed by atoms with van der Waals surface area (Å²) < 4.78 is 1.79. The molecule has 0 aliphatic heterocycles. The van der Waals surface area contributed by atoms with Crippen molar-refractivity contribution in [2.75, 3.05) is 0 Å². The molecule has 100 valence electrons. The van der Waals surface area contributed by atoms with E-state index in [1.807, 2.05) is 36.5 Å². The van der Waals surface area contributed by atoms with E-state index in [1.54, 1.807) is 17.1 Å². The van der Waals surface area contributed by atoms with Gasteiger partial charge in [0, 0.05) is 18.0 Å². The fourth-order valence-corrected chi connectivity index (χ4v) is 2.36. The Bertz CT molecular complexity index is 897. The van der Waals surface area contributed by atoms with Gasteiger partial charge in [-0.15, -0.1) is 5.10 Å². The second-order valence-corrected chi connectivity index (χ2v) is 4.82. The first-order valence-electron chi connectivity index (χ1n) is 6.72. The first-order valence-corrected chi connectivity index (χ1v) is 6.72. The van der Waals surface area contributed by atoms with Crippen molar-refractivity contribution in [2.45, 2.75) is 0 Å². The Balaban J connectivity index is 1.77. The van der Waals surface area contributed by atoms with Crippen LogP contribution in [0.25, 0.3) is 27.7 Å². The molecule has 0 fully saturated rings. The van der Waals surface area contributed by atoms with E-state index < -0.39 is 0 Å². The van der Waals surface area contributed by atoms with Crippen LogP contribution in [0.3, 0.4) is 0 Å². The number of rotatable bonds is 2. The maximum atomic E-state index is 4.22. The Kier molecular flexibility index (Phi) is 2.71. The maximum absolute atomic E-state index is 4.22. The van der Waals surface area contributed by atoms with Gasteiger partial charge < -0.3 is 0 Å². The molecule has 2 aromatic carbocycles. The highest BCUT2D eigenvalue weighted by molar-refractivity contribution is 5.84. The molecule has 0 unspecified atom stereocenters. The van der Waals surface area contributed by atoms with Crippen molar-refractivity contribution in [2.24, 2.45) is 0 Å². The fraction of sp³-hybridized carbons (Fsp3) is 0. The van der Waals surface area contributed by atoms with E-state index in [-0.39, 0.29) is 0 Å². The van der Waals surface area contributed by atoms with Crippen molar-refractivity contribution >= 4 is 10.8 Å². The van der Waals surface area contributed by atoms with E-state index in [0.29, 0.717) is 0 Å². The smallest absolute Gasteiger partial charge is 0.115 e. The van der Waals surface area contributed by atoms with E-state index in [1.165, 1.54) is 10.8 Å². The lowest BCUT2D eigenvalue weighted by molar-refractivity contribution is 0.805. The van der Waals surface area contributed by atoms with Gasteiger partial charge in [-0.3, -0.25) is 4.98 Å². The molecule has 0 aliphatic carbocycles. The minimum Gasteiger partial charge on any atom is -0.264 e. The number of pyridine rings is 1. The lowest BCUT2D eigenvalue weighted by atomic mass is 10.1. The second-order valence-electron chi connectivity index (χ2n) is 4.82. The molecule has 0 N–H and O–H groups in total. The van der Waals surface area contributed by atoms with Gasteiger partial charge in [-0.25, -0.2) is 4.68 Å². The third-order valence-corrected chi connectivity index (χ3v) is 3.45. The van der Waals surface area contributed by atoms with Gasteiger partial charge in [-0.2, -0.15) is 0 Å². The number of nitrogens with zero attached hydrogens (tertiary/aromatic N) is 4. The highest BCUT2D eigenvalue weighted by Gasteiger charge is 2.05. The Morgan fingerprint density at radius 1 is 0.857 bits per heavy atom. The molecule has 0 radical (unpaired) electrons. The van der Waals surface area contributed by atoms with Crippen molar-refractivity contribution < 1.29 is 0 Å². The summed E-state index contributed by atoms with van der Waals surface area (Å²) in [6.07, 6.45) is 5.45. The summed E-state index contributed by atoms with van der Waals surface area (Å²) in [6.45, 7) is 0. The summed E-state index contributed by atoms with van der Waals surface area (Å²) in [5, 5.41) is 10.8. The molecular weight excluding hydrogens is 260 g/mol. The molecule has 2 heterocycles. The minimum absolute atomic E-state index is 0.816. The molecule has 0 saturated carbocycles. The van der Waals surface area contributed by atoms with Crippen LogP contribution in [0, 0.1) is 0 Å². The summed E-state index contributed by atoms with van der Waals surface area (Å²) >= 11 is 0. The number of hydrogen-bond acceptors (Lipinski definition) is 3. The first kappa shape index (κ1) is 11.8. The van der Waals surface area contributed by atoms with Crippen molar-refractivity contribution in [1.29, 1.82) is 0 Å². The predicted octanol–water partition coefficient (Wildman–Crippen LogP) is 3.48. The molecule has 4 rings (SSSR count). The molecule has 4 nitrogen and oxygen atoms in total. The lowest BCUT2D eigenvalue weighted by Crippen LogP contribution is -1.94. The fourth-order valence-electron chi connectivity index (χ4n) is 2.36. The van der Waals surface area contributed by atoms with Gasteiger partial charge in [-0.05, 0) is 35.0 Å². The van der Waals surface area contributed by atoms with Crippen LogP contribution in [0.15, 0.2) is 73.2 Å². The van der Waals surface area contributed by atoms with Gasteiger partial charge in [-0.1, -0.05) is 35.5 Å². The maximum Gasteiger partial charge on any atom is 0.115 e. The minimum atomic E-state index is 0.816. The monoisotopic (exact) mass is 272 g/mol. The van der Waals surface area contributed by atoms with Crippen LogP contribution >= 0.6 is 0 Å². The van der Waals surface area contributed by atoms with Crippen molar-refractivity contribution in [1.82, 2.24) is 20.0 Å². The molecule has 0 spiro atoms. The van der Waals surface area contributed by atoms with Gasteiger partial charge in [0.25, 0.3) is 0 Å². The standard InChI is InChI=1S/C17H12N4/c1-2-5-14-10-16(8-7-13(14)4-1)21-12-17(19-20-21)15-6-3-9-18-11-15/h1-12H. The highest BCUT2D eigenvalue weighted by atomic mass is 15.4. The highest BCUT2D eigenvalue weighted by Crippen LogP contribution is 2.20. The van der Waals surface area contributed by atoms with Gasteiger partial charge >= 0.3 is 0 Å². The molecular formula is C17H12N4. The van der Waals surface area contributed by atoms with E-state index in [4.69, 9.17) is 0 Å². The molecule has 2 aromatic heterocycles. The van der Waals surface area contributed by atoms with E-state index in [2.05, 4.69) is 39.6 Å². The Labute approximate surface area is 121 Å². The average Bonchev–Trinajstić information content (AvgIpc) is 3.05.